The molecule has 3 heterocycles. The van der Waals surface area contributed by atoms with Crippen LogP contribution in [0.5, 0.6) is 5.75 Å². The first-order valence-corrected chi connectivity index (χ1v) is 22.1. The molecule has 0 unspecified atom stereocenters. The summed E-state index contributed by atoms with van der Waals surface area (Å²) in [5.41, 5.74) is 1.37. The zero-order valence-electron chi connectivity index (χ0n) is 36.9. The van der Waals surface area contributed by atoms with Gasteiger partial charge in [0, 0.05) is 61.9 Å². The minimum absolute atomic E-state index is 0.116. The topological polar surface area (TPSA) is 199 Å². The number of nitrogens with one attached hydrogen (secondary N) is 3. The van der Waals surface area contributed by atoms with E-state index in [2.05, 4.69) is 25.8 Å². The van der Waals surface area contributed by atoms with Crippen LogP contribution in [0.15, 0.2) is 73.1 Å². The molecule has 4 N–H and O–H groups in total. The van der Waals surface area contributed by atoms with Crippen LogP contribution < -0.4 is 15.4 Å². The van der Waals surface area contributed by atoms with Gasteiger partial charge in [-0.3, -0.25) is 19.7 Å². The van der Waals surface area contributed by atoms with Gasteiger partial charge in [0.25, 0.3) is 5.91 Å². The molecule has 0 atom stereocenters. The number of unbranched alkanes of at least 4 members (excludes halogenated alkanes) is 3. The van der Waals surface area contributed by atoms with Crippen LogP contribution >= 0.6 is 0 Å². The van der Waals surface area contributed by atoms with E-state index in [0.29, 0.717) is 95.8 Å². The molecule has 0 spiro atoms. The van der Waals surface area contributed by atoms with Crippen LogP contribution in [0, 0.1) is 0 Å². The Hall–Kier alpha value is -5.58. The van der Waals surface area contributed by atoms with E-state index < -0.39 is 22.6 Å². The third-order valence-electron chi connectivity index (χ3n) is 11.0. The van der Waals surface area contributed by atoms with Crippen LogP contribution in [-0.4, -0.2) is 113 Å². The number of ether oxygens (including phenoxy) is 5. The smallest absolute Gasteiger partial charge is 0.410 e. The fourth-order valence-electron chi connectivity index (χ4n) is 7.44. The largest absolute Gasteiger partial charge is 0.494 e. The van der Waals surface area contributed by atoms with Crippen molar-refractivity contribution in [3.8, 4) is 17.1 Å². The summed E-state index contributed by atoms with van der Waals surface area (Å²) < 4.78 is 28.3. The van der Waals surface area contributed by atoms with E-state index in [0.717, 1.165) is 61.1 Å². The number of carboxylic acids is 1. The van der Waals surface area contributed by atoms with Crippen molar-refractivity contribution in [2.45, 2.75) is 102 Å². The Morgan fingerprint density at radius 1 is 0.778 bits per heavy atom. The predicted octanol–water partition coefficient (Wildman–Crippen LogP) is 7.48. The Morgan fingerprint density at radius 3 is 2.13 bits per heavy atom. The number of nitrogens with zero attached hydrogens (tertiary/aromatic N) is 4. The lowest BCUT2D eigenvalue weighted by molar-refractivity contribution is -0.137. The highest BCUT2D eigenvalue weighted by molar-refractivity contribution is 5.96. The average molecular weight is 870 g/mol. The van der Waals surface area contributed by atoms with Gasteiger partial charge in [-0.15, -0.1) is 0 Å². The van der Waals surface area contributed by atoms with Crippen molar-refractivity contribution in [2.75, 3.05) is 64.7 Å². The highest BCUT2D eigenvalue weighted by Crippen LogP contribution is 2.46. The maximum Gasteiger partial charge on any atom is 0.410 e. The maximum absolute atomic E-state index is 13.9. The first-order valence-electron chi connectivity index (χ1n) is 22.1. The number of anilines is 1. The van der Waals surface area contributed by atoms with Gasteiger partial charge < -0.3 is 44.3 Å². The molecule has 16 nitrogen and oxygen atoms in total. The van der Waals surface area contributed by atoms with Crippen LogP contribution in [0.4, 0.5) is 10.5 Å². The van der Waals surface area contributed by atoms with E-state index in [9.17, 15) is 14.4 Å². The van der Waals surface area contributed by atoms with Gasteiger partial charge >= 0.3 is 12.1 Å². The summed E-state index contributed by atoms with van der Waals surface area (Å²) in [6, 6.07) is 19.2. The molecular formula is C47H63N7O9. The molecule has 340 valence electrons. The standard InChI is InChI=1S/C47H63N7O9/c1-45(2,3)63-44(58)54-24-20-47(21-25-54,43-49-41(52-53-43)35-16-22-48-23-17-35)50-38-13-8-11-36(33-38)42(57)51-46(18-19-46)37-12-9-14-39(34-37)62-28-7-5-4-6-26-59-29-31-61-32-30-60-27-10-15-40(55)56/h8-9,11-14,16-17,22-23,33-34,50H,4-7,10,15,18-21,24-32H2,1-3H3,(H,51,57)(H,55,56)(H,49,52,53). The molecule has 0 radical (unpaired) electrons. The van der Waals surface area contributed by atoms with Crippen LogP contribution in [-0.2, 0) is 34.8 Å². The molecule has 2 fully saturated rings. The molecule has 63 heavy (non-hydrogen) atoms. The number of aromatic amines is 1. The van der Waals surface area contributed by atoms with Gasteiger partial charge in [0.2, 0.25) is 0 Å². The highest BCUT2D eigenvalue weighted by Gasteiger charge is 2.46. The number of hydrogen-bond acceptors (Lipinski definition) is 12. The first-order chi connectivity index (χ1) is 30.4. The van der Waals surface area contributed by atoms with Crippen LogP contribution in [0.1, 0.15) is 107 Å². The van der Waals surface area contributed by atoms with Gasteiger partial charge in [0.15, 0.2) is 11.6 Å². The highest BCUT2D eigenvalue weighted by atomic mass is 16.6. The number of likely N-dealkylation sites (tertiary alicyclic amines) is 1. The van der Waals surface area contributed by atoms with Gasteiger partial charge in [-0.1, -0.05) is 24.6 Å². The second-order valence-electron chi connectivity index (χ2n) is 17.2. The number of piperidine rings is 1. The number of aromatic nitrogens is 4. The molecule has 2 aromatic heterocycles. The molecule has 2 aromatic carbocycles. The summed E-state index contributed by atoms with van der Waals surface area (Å²) >= 11 is 0. The summed E-state index contributed by atoms with van der Waals surface area (Å²) in [4.78, 5) is 48.2. The van der Waals surface area contributed by atoms with E-state index in [4.69, 9.17) is 33.8 Å². The number of carbonyl (C=O) groups is 3. The van der Waals surface area contributed by atoms with E-state index in [1.165, 1.54) is 0 Å². The number of benzene rings is 2. The summed E-state index contributed by atoms with van der Waals surface area (Å²) in [5, 5.41) is 23.4. The SMILES string of the molecule is CC(C)(C)OC(=O)N1CCC(Nc2cccc(C(=O)NC3(c4cccc(OCCCCCCOCCOCCOCCCC(=O)O)c4)CC3)c2)(c2nc(-c3ccncc3)n[nH]2)CC1. The monoisotopic (exact) mass is 869 g/mol. The Balaban J connectivity index is 0.960. The zero-order chi connectivity index (χ0) is 44.5. The lowest BCUT2D eigenvalue weighted by atomic mass is 9.86. The fraction of sp³-hybridized carbons (Fsp3) is 0.532. The third-order valence-corrected chi connectivity index (χ3v) is 11.0. The molecule has 2 aliphatic rings. The summed E-state index contributed by atoms with van der Waals surface area (Å²) in [6.07, 6.45) is 10.4. The number of carbonyl (C=O) groups excluding carboxylic acids is 2. The average Bonchev–Trinajstić information content (AvgIpc) is 3.87. The maximum atomic E-state index is 13.9. The zero-order valence-corrected chi connectivity index (χ0v) is 36.9. The second-order valence-corrected chi connectivity index (χ2v) is 17.2. The van der Waals surface area contributed by atoms with Crippen molar-refractivity contribution in [1.29, 1.82) is 0 Å². The molecule has 6 rings (SSSR count). The molecule has 16 heteroatoms. The molecule has 1 aliphatic carbocycles. The number of amides is 2. The van der Waals surface area contributed by atoms with Gasteiger partial charge in [0.1, 0.15) is 16.9 Å². The molecule has 1 saturated carbocycles. The summed E-state index contributed by atoms with van der Waals surface area (Å²) in [6.45, 7) is 10.1. The van der Waals surface area contributed by atoms with E-state index in [-0.39, 0.29) is 18.4 Å². The second kappa shape index (κ2) is 22.7. The van der Waals surface area contributed by atoms with Crippen molar-refractivity contribution in [1.82, 2.24) is 30.4 Å². The van der Waals surface area contributed by atoms with Crippen molar-refractivity contribution in [3.05, 3.63) is 90.0 Å². The van der Waals surface area contributed by atoms with Gasteiger partial charge in [-0.25, -0.2) is 9.78 Å². The van der Waals surface area contributed by atoms with E-state index in [1.54, 1.807) is 17.3 Å². The van der Waals surface area contributed by atoms with Crippen LogP contribution in [0.25, 0.3) is 11.4 Å². The molecule has 1 aliphatic heterocycles. The quantitative estimate of drug-likeness (QED) is 0.0479. The number of hydrogen-bond donors (Lipinski definition) is 4. The number of pyridine rings is 1. The lowest BCUT2D eigenvalue weighted by Crippen LogP contribution is -2.50. The number of carboxylic acid groups (broad SMARTS) is 1. The fourth-order valence-corrected chi connectivity index (χ4v) is 7.44. The van der Waals surface area contributed by atoms with E-state index in [1.807, 2.05) is 81.4 Å². The normalized spacial score (nSPS) is 15.4. The molecule has 1 saturated heterocycles. The van der Waals surface area contributed by atoms with Gasteiger partial charge in [0.05, 0.1) is 38.6 Å². The third kappa shape index (κ3) is 14.5. The molecular weight excluding hydrogens is 807 g/mol. The summed E-state index contributed by atoms with van der Waals surface area (Å²) in [5.74, 6) is 1.00. The number of rotatable bonds is 25. The minimum atomic E-state index is -0.812. The minimum Gasteiger partial charge on any atom is -0.494 e. The Labute approximate surface area is 369 Å². The van der Waals surface area contributed by atoms with Crippen molar-refractivity contribution in [3.63, 3.8) is 0 Å². The summed E-state index contributed by atoms with van der Waals surface area (Å²) in [7, 11) is 0. The number of H-pyrrole nitrogens is 1. The van der Waals surface area contributed by atoms with Crippen molar-refractivity contribution >= 4 is 23.7 Å². The Bertz CT molecular complexity index is 2060. The molecule has 4 aromatic rings. The lowest BCUT2D eigenvalue weighted by Gasteiger charge is -2.41. The van der Waals surface area contributed by atoms with Gasteiger partial charge in [-0.2, -0.15) is 5.10 Å². The van der Waals surface area contributed by atoms with Crippen molar-refractivity contribution < 1.29 is 43.2 Å². The van der Waals surface area contributed by atoms with Crippen LogP contribution in [0.2, 0.25) is 0 Å². The number of aliphatic carboxylic acids is 1. The predicted molar refractivity (Wildman–Crippen MR) is 237 cm³/mol. The van der Waals surface area contributed by atoms with Crippen molar-refractivity contribution in [2.24, 2.45) is 0 Å². The Morgan fingerprint density at radius 2 is 1.44 bits per heavy atom. The molecule has 2 amide bonds. The van der Waals surface area contributed by atoms with Gasteiger partial charge in [-0.05, 0) is 120 Å². The van der Waals surface area contributed by atoms with Crippen LogP contribution in [0.3, 0.4) is 0 Å². The van der Waals surface area contributed by atoms with E-state index >= 15 is 0 Å². The first kappa shape index (κ1) is 46.9. The molecule has 0 bridgehead atoms. The Kier molecular flexibility index (Phi) is 16.9.